The van der Waals surface area contributed by atoms with Crippen molar-refractivity contribution in [2.45, 2.75) is 39.3 Å². The van der Waals surface area contributed by atoms with Gasteiger partial charge in [-0.05, 0) is 42.7 Å². The molecule has 0 spiro atoms. The summed E-state index contributed by atoms with van der Waals surface area (Å²) in [5.74, 6) is -1.01. The van der Waals surface area contributed by atoms with Gasteiger partial charge in [0.25, 0.3) is 5.91 Å². The van der Waals surface area contributed by atoms with E-state index in [1.165, 1.54) is 12.1 Å². The fraction of sp³-hybridized carbons (Fsp3) is 0.304. The lowest BCUT2D eigenvalue weighted by atomic mass is 10.0. The number of carbonyl (C=O) groups excluding carboxylic acids is 2. The van der Waals surface area contributed by atoms with Crippen molar-refractivity contribution in [3.05, 3.63) is 65.7 Å². The molecule has 0 aliphatic carbocycles. The normalized spacial score (nSPS) is 12.4. The summed E-state index contributed by atoms with van der Waals surface area (Å²) in [5, 5.41) is 2.78. The van der Waals surface area contributed by atoms with Gasteiger partial charge in [-0.1, -0.05) is 55.8 Å². The fourth-order valence-electron chi connectivity index (χ4n) is 2.82. The van der Waals surface area contributed by atoms with Crippen LogP contribution in [0.4, 0.5) is 8.78 Å². The first-order chi connectivity index (χ1) is 14.4. The molecule has 7 heteroatoms. The number of ether oxygens (including phenoxy) is 2. The predicted octanol–water partition coefficient (Wildman–Crippen LogP) is 4.68. The number of carbonyl (C=O) groups is 2. The molecule has 0 saturated carbocycles. The molecule has 0 heterocycles. The average Bonchev–Trinajstić information content (AvgIpc) is 2.72. The molecule has 1 unspecified atom stereocenters. The number of hydrogen-bond donors (Lipinski definition) is 1. The number of esters is 1. The number of nitrogens with one attached hydrogen (secondary N) is 1. The van der Waals surface area contributed by atoms with E-state index in [0.717, 1.165) is 12.8 Å². The lowest BCUT2D eigenvalue weighted by molar-refractivity contribution is -0.143. The summed E-state index contributed by atoms with van der Waals surface area (Å²) in [4.78, 5) is 24.7. The van der Waals surface area contributed by atoms with Gasteiger partial charge in [-0.2, -0.15) is 8.78 Å². The Bertz CT molecular complexity index is 851. The summed E-state index contributed by atoms with van der Waals surface area (Å²) >= 11 is 0. The Balaban J connectivity index is 2.14. The van der Waals surface area contributed by atoms with Gasteiger partial charge in [-0.3, -0.25) is 4.79 Å². The minimum absolute atomic E-state index is 0.000638. The third kappa shape index (κ3) is 7.66. The van der Waals surface area contributed by atoms with E-state index in [2.05, 4.69) is 10.1 Å². The van der Waals surface area contributed by atoms with Gasteiger partial charge in [0.1, 0.15) is 5.75 Å². The largest absolute Gasteiger partial charge is 0.452 e. The molecule has 5 nitrogen and oxygen atoms in total. The molecule has 0 aliphatic rings. The summed E-state index contributed by atoms with van der Waals surface area (Å²) in [5.41, 5.74) is 1.44. The van der Waals surface area contributed by atoms with Crippen LogP contribution >= 0.6 is 0 Å². The van der Waals surface area contributed by atoms with Crippen molar-refractivity contribution < 1.29 is 27.8 Å². The number of benzene rings is 2. The Labute approximate surface area is 174 Å². The maximum Gasteiger partial charge on any atom is 0.387 e. The zero-order valence-electron chi connectivity index (χ0n) is 16.9. The SMILES string of the molecule is CCCC(C)NC(=O)COC(=O)C(=Cc1ccc(OC(F)F)cc1)c1ccccc1. The van der Waals surface area contributed by atoms with Crippen LogP contribution in [0.15, 0.2) is 54.6 Å². The van der Waals surface area contributed by atoms with E-state index < -0.39 is 19.2 Å². The molecular formula is C23H25F2NO4. The van der Waals surface area contributed by atoms with E-state index in [1.807, 2.05) is 19.9 Å². The molecule has 160 valence electrons. The van der Waals surface area contributed by atoms with Gasteiger partial charge < -0.3 is 14.8 Å². The highest BCUT2D eigenvalue weighted by Crippen LogP contribution is 2.22. The Hall–Kier alpha value is -3.22. The topological polar surface area (TPSA) is 64.6 Å². The van der Waals surface area contributed by atoms with Crippen LogP contribution in [0, 0.1) is 0 Å². The molecule has 0 fully saturated rings. The van der Waals surface area contributed by atoms with Crippen molar-refractivity contribution in [1.82, 2.24) is 5.32 Å². The molecule has 0 radical (unpaired) electrons. The van der Waals surface area contributed by atoms with Crippen molar-refractivity contribution >= 4 is 23.5 Å². The lowest BCUT2D eigenvalue weighted by Crippen LogP contribution is -2.35. The van der Waals surface area contributed by atoms with Crippen LogP contribution in [0.1, 0.15) is 37.8 Å². The molecule has 2 rings (SSSR count). The van der Waals surface area contributed by atoms with Crippen LogP contribution in [0.3, 0.4) is 0 Å². The van der Waals surface area contributed by atoms with E-state index in [1.54, 1.807) is 42.5 Å². The van der Waals surface area contributed by atoms with Crippen LogP contribution in [-0.4, -0.2) is 31.1 Å². The molecule has 1 amide bonds. The molecule has 1 N–H and O–H groups in total. The molecule has 0 saturated heterocycles. The Morgan fingerprint density at radius 3 is 2.33 bits per heavy atom. The average molecular weight is 417 g/mol. The van der Waals surface area contributed by atoms with Gasteiger partial charge in [-0.15, -0.1) is 0 Å². The van der Waals surface area contributed by atoms with E-state index in [4.69, 9.17) is 4.74 Å². The van der Waals surface area contributed by atoms with Gasteiger partial charge in [0.15, 0.2) is 6.61 Å². The van der Waals surface area contributed by atoms with Gasteiger partial charge >= 0.3 is 12.6 Å². The number of alkyl halides is 2. The summed E-state index contributed by atoms with van der Waals surface area (Å²) in [6.45, 7) is 0.608. The Morgan fingerprint density at radius 1 is 1.07 bits per heavy atom. The molecule has 0 bridgehead atoms. The fourth-order valence-corrected chi connectivity index (χ4v) is 2.82. The number of rotatable bonds is 10. The number of halogens is 2. The zero-order valence-corrected chi connectivity index (χ0v) is 16.9. The highest BCUT2D eigenvalue weighted by molar-refractivity contribution is 6.21. The van der Waals surface area contributed by atoms with Crippen molar-refractivity contribution in [3.8, 4) is 5.75 Å². The van der Waals surface area contributed by atoms with Crippen molar-refractivity contribution in [2.24, 2.45) is 0 Å². The molecule has 2 aromatic carbocycles. The molecule has 0 aliphatic heterocycles. The summed E-state index contributed by atoms with van der Waals surface area (Å²) in [6.07, 6.45) is 3.34. The van der Waals surface area contributed by atoms with Gasteiger partial charge in [0.05, 0.1) is 5.57 Å². The first-order valence-corrected chi connectivity index (χ1v) is 9.67. The number of amides is 1. The van der Waals surface area contributed by atoms with Crippen molar-refractivity contribution in [2.75, 3.05) is 6.61 Å². The third-order valence-electron chi connectivity index (χ3n) is 4.18. The maximum absolute atomic E-state index is 12.7. The van der Waals surface area contributed by atoms with Crippen LogP contribution in [-0.2, 0) is 14.3 Å². The highest BCUT2D eigenvalue weighted by atomic mass is 19.3. The summed E-state index contributed by atoms with van der Waals surface area (Å²) in [7, 11) is 0. The molecule has 2 aromatic rings. The molecule has 1 atom stereocenters. The van der Waals surface area contributed by atoms with Crippen molar-refractivity contribution in [1.29, 1.82) is 0 Å². The van der Waals surface area contributed by atoms with Crippen molar-refractivity contribution in [3.63, 3.8) is 0 Å². The van der Waals surface area contributed by atoms with Gasteiger partial charge in [0, 0.05) is 6.04 Å². The van der Waals surface area contributed by atoms with E-state index in [0.29, 0.717) is 11.1 Å². The minimum atomic E-state index is -2.91. The standard InChI is InChI=1S/C23H25F2NO4/c1-3-7-16(2)26-21(27)15-29-22(28)20(18-8-5-4-6-9-18)14-17-10-12-19(13-11-17)30-23(24)25/h4-6,8-14,16,23H,3,7,15H2,1-2H3,(H,26,27). The van der Waals surface area contributed by atoms with Crippen LogP contribution < -0.4 is 10.1 Å². The summed E-state index contributed by atoms with van der Waals surface area (Å²) in [6, 6.07) is 14.7. The first-order valence-electron chi connectivity index (χ1n) is 9.67. The monoisotopic (exact) mass is 417 g/mol. The molecule has 0 aromatic heterocycles. The number of hydrogen-bond acceptors (Lipinski definition) is 4. The quantitative estimate of drug-likeness (QED) is 0.346. The minimum Gasteiger partial charge on any atom is -0.452 e. The third-order valence-corrected chi connectivity index (χ3v) is 4.18. The van der Waals surface area contributed by atoms with E-state index in [9.17, 15) is 18.4 Å². The van der Waals surface area contributed by atoms with Gasteiger partial charge in [0.2, 0.25) is 0 Å². The van der Waals surface area contributed by atoms with Crippen LogP contribution in [0.2, 0.25) is 0 Å². The van der Waals surface area contributed by atoms with Crippen LogP contribution in [0.5, 0.6) is 5.75 Å². The second-order valence-corrected chi connectivity index (χ2v) is 6.70. The first kappa shape index (κ1) is 23.1. The van der Waals surface area contributed by atoms with E-state index >= 15 is 0 Å². The maximum atomic E-state index is 12.7. The highest BCUT2D eigenvalue weighted by Gasteiger charge is 2.16. The Morgan fingerprint density at radius 2 is 1.73 bits per heavy atom. The van der Waals surface area contributed by atoms with Crippen LogP contribution in [0.25, 0.3) is 11.6 Å². The predicted molar refractivity (Wildman–Crippen MR) is 111 cm³/mol. The summed E-state index contributed by atoms with van der Waals surface area (Å²) < 4.78 is 34.1. The van der Waals surface area contributed by atoms with E-state index in [-0.39, 0.29) is 23.3 Å². The van der Waals surface area contributed by atoms with Gasteiger partial charge in [-0.25, -0.2) is 4.79 Å². The second kappa shape index (κ2) is 11.7. The second-order valence-electron chi connectivity index (χ2n) is 6.70. The molecule has 30 heavy (non-hydrogen) atoms. The lowest BCUT2D eigenvalue weighted by Gasteiger charge is -2.13. The smallest absolute Gasteiger partial charge is 0.387 e. The Kier molecular flexibility index (Phi) is 9.00. The zero-order chi connectivity index (χ0) is 21.9. The molecular weight excluding hydrogens is 392 g/mol.